The first-order valence-corrected chi connectivity index (χ1v) is 32.0. The number of rotatable bonds is 18. The number of likely N-dealkylation sites (tertiary alicyclic amines) is 2. The van der Waals surface area contributed by atoms with E-state index in [2.05, 4.69) is 10.6 Å². The summed E-state index contributed by atoms with van der Waals surface area (Å²) in [6.45, 7) is 13.6. The number of halogens is 5. The molecule has 4 fully saturated rings. The standard InChI is InChI=1S/C68H83F5N10O11/c1-12-48(76-65(88)91-10)61(84)79-25-13-15-53(79)59-74-49-31-42(45(71)34-56(49)82(59)36-94-64(87)68(6,7)8)51-21-22-52(83(51)41-29-46(72)58(47(73)30-41)78-27-23-39(24-28-78)38-17-19-40(69)20-18-38)43-32-55-50(33-44(43)70)75-60(81(55)35-93-63(86)67(3,4)5)54-16-14-26-80(54)62(85)57(37(2)90-9)77-66(89)92-11/h17-20,29-34,37,39,48,51-54,57H,12-16,21-28,35-36H2,1-11H3,(H,76,88)(H,77,89)/t37-,48+,51-,52-,53+,54+,57+/m1/s1. The quantitative estimate of drug-likeness (QED) is 0.0464. The third kappa shape index (κ3) is 13.8. The van der Waals surface area contributed by atoms with Gasteiger partial charge in [-0.2, -0.15) is 0 Å². The lowest BCUT2D eigenvalue weighted by Crippen LogP contribution is -2.54. The lowest BCUT2D eigenvalue weighted by atomic mass is 9.89. The number of amides is 4. The number of carbonyl (C=O) groups is 6. The Hall–Kier alpha value is -8.55. The summed E-state index contributed by atoms with van der Waals surface area (Å²) in [6, 6.07) is 8.14. The van der Waals surface area contributed by atoms with E-state index < -0.39 is 126 Å². The second-order valence-electron chi connectivity index (χ2n) is 26.8. The Morgan fingerprint density at radius 2 is 1.07 bits per heavy atom. The molecule has 0 saturated carbocycles. The highest BCUT2D eigenvalue weighted by Crippen LogP contribution is 2.51. The van der Waals surface area contributed by atoms with Crippen molar-refractivity contribution >= 4 is 69.4 Å². The third-order valence-corrected chi connectivity index (χ3v) is 18.6. The van der Waals surface area contributed by atoms with Gasteiger partial charge in [0.2, 0.25) is 11.8 Å². The van der Waals surface area contributed by atoms with Gasteiger partial charge in [0.15, 0.2) is 25.1 Å². The number of methoxy groups -OCH3 is 3. The van der Waals surface area contributed by atoms with E-state index in [0.717, 1.165) is 17.7 Å². The van der Waals surface area contributed by atoms with Gasteiger partial charge in [0.05, 0.1) is 77.4 Å². The van der Waals surface area contributed by atoms with E-state index in [1.807, 2.05) is 0 Å². The summed E-state index contributed by atoms with van der Waals surface area (Å²) in [4.78, 5) is 97.1. The first-order valence-electron chi connectivity index (χ1n) is 32.0. The SMILES string of the molecule is CC[C@H](NC(=O)OC)C(=O)N1CCC[C@H]1c1nc2cc([C@H]3CC[C@H](c4cc5c(cc4F)nc([C@@H]4CCCN4C(=O)[C@@H](NC(=O)OC)[C@@H](C)OC)n5COC(=O)C(C)(C)C)N3c3cc(F)c(N4CCC(c5ccc(F)cc5)CC4)c(F)c3)c(F)cc2n1COC(=O)C(C)(C)C. The van der Waals surface area contributed by atoms with Gasteiger partial charge in [-0.1, -0.05) is 19.1 Å². The molecule has 0 radical (unpaired) electrons. The maximum Gasteiger partial charge on any atom is 0.407 e. The van der Waals surface area contributed by atoms with E-state index in [4.69, 9.17) is 33.7 Å². The predicted octanol–water partition coefficient (Wildman–Crippen LogP) is 11.9. The van der Waals surface area contributed by atoms with Crippen LogP contribution < -0.4 is 20.4 Å². The minimum Gasteiger partial charge on any atom is -0.453 e. The number of piperidine rings is 1. The number of esters is 2. The Morgan fingerprint density at radius 3 is 1.59 bits per heavy atom. The Morgan fingerprint density at radius 1 is 0.585 bits per heavy atom. The molecular formula is C68H83F5N10O11. The van der Waals surface area contributed by atoms with E-state index in [0.29, 0.717) is 38.5 Å². The summed E-state index contributed by atoms with van der Waals surface area (Å²) >= 11 is 0. The summed E-state index contributed by atoms with van der Waals surface area (Å²) in [5.41, 5.74) is -0.499. The molecule has 0 bridgehead atoms. The van der Waals surface area contributed by atoms with Gasteiger partial charge in [0, 0.05) is 62.2 Å². The second-order valence-corrected chi connectivity index (χ2v) is 26.8. The number of anilines is 2. The third-order valence-electron chi connectivity index (χ3n) is 18.6. The van der Waals surface area contributed by atoms with Crippen LogP contribution in [-0.2, 0) is 56.3 Å². The molecule has 4 amide bonds. The fourth-order valence-corrected chi connectivity index (χ4v) is 13.5. The molecule has 10 rings (SSSR count). The van der Waals surface area contributed by atoms with Gasteiger partial charge in [-0.3, -0.25) is 28.3 Å². The van der Waals surface area contributed by atoms with Crippen molar-refractivity contribution in [1.29, 1.82) is 0 Å². The van der Waals surface area contributed by atoms with Crippen LogP contribution in [-0.4, -0.2) is 131 Å². The monoisotopic (exact) mass is 1310 g/mol. The Labute approximate surface area is 542 Å². The van der Waals surface area contributed by atoms with Crippen LogP contribution in [0.2, 0.25) is 0 Å². The van der Waals surface area contributed by atoms with E-state index in [1.54, 1.807) is 86.8 Å². The normalized spacial score (nSPS) is 19.8. The number of nitrogens with zero attached hydrogens (tertiary/aromatic N) is 8. The van der Waals surface area contributed by atoms with Crippen molar-refractivity contribution in [1.82, 2.24) is 39.5 Å². The molecule has 4 saturated heterocycles. The van der Waals surface area contributed by atoms with E-state index in [9.17, 15) is 33.2 Å². The molecule has 0 spiro atoms. The number of alkyl carbamates (subject to hydrolysis) is 2. The maximum atomic E-state index is 17.8. The fraction of sp³-hybridized carbons (Fsp3) is 0.529. The van der Waals surface area contributed by atoms with Crippen LogP contribution in [0.15, 0.2) is 60.7 Å². The number of imidazole rings is 2. The Kier molecular flexibility index (Phi) is 20.2. The number of ether oxygens (including phenoxy) is 5. The second kappa shape index (κ2) is 27.8. The molecule has 6 aromatic rings. The fourth-order valence-electron chi connectivity index (χ4n) is 13.5. The molecule has 4 aromatic carbocycles. The van der Waals surface area contributed by atoms with Crippen molar-refractivity contribution in [2.45, 2.75) is 175 Å². The number of nitrogens with one attached hydrogen (secondary N) is 2. The van der Waals surface area contributed by atoms with Gasteiger partial charge in [-0.05, 0) is 154 Å². The molecule has 7 atom stereocenters. The zero-order valence-corrected chi connectivity index (χ0v) is 55.0. The van der Waals surface area contributed by atoms with Crippen molar-refractivity contribution in [3.63, 3.8) is 0 Å². The zero-order valence-electron chi connectivity index (χ0n) is 55.0. The van der Waals surface area contributed by atoms with Crippen LogP contribution in [0, 0.1) is 39.9 Å². The van der Waals surface area contributed by atoms with Crippen LogP contribution in [0.5, 0.6) is 0 Å². The number of carbonyl (C=O) groups excluding carboxylic acids is 6. The molecule has 506 valence electrons. The summed E-state index contributed by atoms with van der Waals surface area (Å²) in [5.74, 6) is -5.36. The van der Waals surface area contributed by atoms with Gasteiger partial charge in [-0.15, -0.1) is 0 Å². The van der Waals surface area contributed by atoms with Gasteiger partial charge in [0.1, 0.15) is 46.9 Å². The molecule has 21 nitrogen and oxygen atoms in total. The average molecular weight is 1310 g/mol. The minimum atomic E-state index is -1.20. The van der Waals surface area contributed by atoms with Crippen molar-refractivity contribution in [2.75, 3.05) is 57.3 Å². The summed E-state index contributed by atoms with van der Waals surface area (Å²) in [6.07, 6.45) is 0.760. The lowest BCUT2D eigenvalue weighted by molar-refractivity contribution is -0.157. The molecule has 6 heterocycles. The van der Waals surface area contributed by atoms with Crippen molar-refractivity contribution in [2.24, 2.45) is 10.8 Å². The largest absolute Gasteiger partial charge is 0.453 e. The number of benzene rings is 4. The molecule has 4 aliphatic rings. The number of hydrogen-bond donors (Lipinski definition) is 2. The van der Waals surface area contributed by atoms with Gasteiger partial charge >= 0.3 is 24.1 Å². The molecule has 4 aliphatic heterocycles. The smallest absolute Gasteiger partial charge is 0.407 e. The number of hydrogen-bond acceptors (Lipinski definition) is 15. The average Bonchev–Trinajstić information content (AvgIpc) is 1.57. The van der Waals surface area contributed by atoms with Gasteiger partial charge < -0.3 is 53.9 Å². The topological polar surface area (TPSA) is 221 Å². The molecule has 94 heavy (non-hydrogen) atoms. The summed E-state index contributed by atoms with van der Waals surface area (Å²) in [5, 5.41) is 5.18. The maximum absolute atomic E-state index is 17.8. The molecule has 0 aliphatic carbocycles. The summed E-state index contributed by atoms with van der Waals surface area (Å²) in [7, 11) is 3.75. The van der Waals surface area contributed by atoms with Gasteiger partial charge in [-0.25, -0.2) is 41.5 Å². The van der Waals surface area contributed by atoms with Crippen molar-refractivity contribution in [3.8, 4) is 0 Å². The number of fused-ring (bicyclic) bond motifs is 2. The Bertz CT molecular complexity index is 3820. The summed E-state index contributed by atoms with van der Waals surface area (Å²) < 4.78 is 114. The Balaban J connectivity index is 1.10. The lowest BCUT2D eigenvalue weighted by Gasteiger charge is -2.36. The van der Waals surface area contributed by atoms with Crippen LogP contribution in [0.3, 0.4) is 0 Å². The van der Waals surface area contributed by atoms with E-state index in [-0.39, 0.29) is 113 Å². The molecule has 26 heteroatoms. The van der Waals surface area contributed by atoms with Crippen LogP contribution in [0.4, 0.5) is 42.9 Å². The number of aromatic nitrogens is 4. The minimum absolute atomic E-state index is 0.0139. The van der Waals surface area contributed by atoms with Crippen molar-refractivity contribution < 1.29 is 74.4 Å². The van der Waals surface area contributed by atoms with Crippen LogP contribution in [0.1, 0.15) is 172 Å². The molecule has 2 N–H and O–H groups in total. The highest BCUT2D eigenvalue weighted by atomic mass is 19.1. The van der Waals surface area contributed by atoms with E-state index >= 15 is 17.6 Å². The zero-order chi connectivity index (χ0) is 67.8. The first-order chi connectivity index (χ1) is 44.6. The molecule has 0 unspecified atom stereocenters. The van der Waals surface area contributed by atoms with Gasteiger partial charge in [0.25, 0.3) is 0 Å². The van der Waals surface area contributed by atoms with Crippen LogP contribution >= 0.6 is 0 Å². The van der Waals surface area contributed by atoms with Crippen molar-refractivity contribution in [3.05, 3.63) is 118 Å². The highest BCUT2D eigenvalue weighted by molar-refractivity contribution is 5.88. The van der Waals surface area contributed by atoms with E-state index in [1.165, 1.54) is 67.2 Å². The van der Waals surface area contributed by atoms with Crippen LogP contribution in [0.25, 0.3) is 22.1 Å². The highest BCUT2D eigenvalue weighted by Gasteiger charge is 2.44. The predicted molar refractivity (Wildman–Crippen MR) is 337 cm³/mol. The molecule has 2 aromatic heterocycles. The first kappa shape index (κ1) is 68.3. The molecular weight excluding hydrogens is 1230 g/mol.